The van der Waals surface area contributed by atoms with Crippen LogP contribution in [-0.4, -0.2) is 14.5 Å². The van der Waals surface area contributed by atoms with Crippen LogP contribution in [0.5, 0.6) is 0 Å². The summed E-state index contributed by atoms with van der Waals surface area (Å²) in [6, 6.07) is 58.3. The average molecular weight is 667 g/mol. The van der Waals surface area contributed by atoms with E-state index in [9.17, 15) is 0 Å². The molecule has 3 heterocycles. The van der Waals surface area contributed by atoms with E-state index in [2.05, 4.69) is 185 Å². The third kappa shape index (κ3) is 4.99. The predicted molar refractivity (Wildman–Crippen MR) is 215 cm³/mol. The first-order chi connectivity index (χ1) is 25.8. The number of nitrogens with zero attached hydrogens (tertiary/aromatic N) is 4. The fourth-order valence-electron chi connectivity index (χ4n) is 7.81. The van der Waals surface area contributed by atoms with E-state index in [1.54, 1.807) is 0 Å². The molecule has 2 aliphatic rings. The van der Waals surface area contributed by atoms with Crippen molar-refractivity contribution in [1.82, 2.24) is 14.5 Å². The fraction of sp³-hybridized carbons (Fsp3) is 0.0417. The highest BCUT2D eigenvalue weighted by Crippen LogP contribution is 2.54. The Morgan fingerprint density at radius 1 is 0.500 bits per heavy atom. The molecule has 0 atom stereocenters. The molecule has 1 aliphatic heterocycles. The molecule has 0 amide bonds. The molecule has 0 N–H and O–H groups in total. The summed E-state index contributed by atoms with van der Waals surface area (Å²) in [6.45, 7) is 0. The van der Waals surface area contributed by atoms with E-state index in [1.807, 2.05) is 6.07 Å². The first-order valence-corrected chi connectivity index (χ1v) is 17.9. The lowest BCUT2D eigenvalue weighted by atomic mass is 9.98. The second-order valence-electron chi connectivity index (χ2n) is 13.3. The molecule has 4 heteroatoms. The van der Waals surface area contributed by atoms with Crippen LogP contribution >= 0.6 is 0 Å². The normalized spacial score (nSPS) is 13.2. The molecule has 8 aromatic rings. The van der Waals surface area contributed by atoms with Gasteiger partial charge in [0.25, 0.3) is 0 Å². The van der Waals surface area contributed by atoms with E-state index in [0.29, 0.717) is 0 Å². The van der Waals surface area contributed by atoms with Crippen molar-refractivity contribution in [3.05, 3.63) is 188 Å². The number of anilines is 3. The highest BCUT2D eigenvalue weighted by Gasteiger charge is 2.31. The lowest BCUT2D eigenvalue weighted by Gasteiger charge is -2.27. The van der Waals surface area contributed by atoms with E-state index in [0.717, 1.165) is 69.5 Å². The van der Waals surface area contributed by atoms with Crippen LogP contribution in [-0.2, 0) is 0 Å². The van der Waals surface area contributed by atoms with Crippen LogP contribution in [0.1, 0.15) is 18.5 Å². The maximum atomic E-state index is 5.12. The van der Waals surface area contributed by atoms with Crippen molar-refractivity contribution in [3.63, 3.8) is 0 Å². The summed E-state index contributed by atoms with van der Waals surface area (Å²) >= 11 is 0. The Labute approximate surface area is 303 Å². The van der Waals surface area contributed by atoms with Gasteiger partial charge in [0.05, 0.1) is 34.0 Å². The van der Waals surface area contributed by atoms with Crippen molar-refractivity contribution in [2.24, 2.45) is 0 Å². The topological polar surface area (TPSA) is 34.0 Å². The molecule has 0 saturated carbocycles. The minimum Gasteiger partial charge on any atom is -0.309 e. The van der Waals surface area contributed by atoms with Gasteiger partial charge in [-0.05, 0) is 79.1 Å². The molecule has 0 spiro atoms. The van der Waals surface area contributed by atoms with Gasteiger partial charge in [-0.15, -0.1) is 0 Å². The molecule has 0 bridgehead atoms. The van der Waals surface area contributed by atoms with Crippen molar-refractivity contribution >= 4 is 33.5 Å². The second kappa shape index (κ2) is 12.5. The Morgan fingerprint density at radius 3 is 1.92 bits per heavy atom. The Balaban J connectivity index is 1.15. The summed E-state index contributed by atoms with van der Waals surface area (Å²) in [7, 11) is 0. The molecule has 0 unspecified atom stereocenters. The van der Waals surface area contributed by atoms with Crippen LogP contribution in [0, 0.1) is 0 Å². The van der Waals surface area contributed by atoms with Gasteiger partial charge in [0, 0.05) is 44.6 Å². The van der Waals surface area contributed by atoms with Gasteiger partial charge < -0.3 is 9.47 Å². The van der Waals surface area contributed by atoms with Gasteiger partial charge in [-0.1, -0.05) is 121 Å². The number of benzene rings is 6. The predicted octanol–water partition coefficient (Wildman–Crippen LogP) is 12.6. The Kier molecular flexibility index (Phi) is 7.24. The van der Waals surface area contributed by atoms with E-state index in [4.69, 9.17) is 9.97 Å². The lowest BCUT2D eigenvalue weighted by molar-refractivity contribution is 1.03. The molecule has 10 rings (SSSR count). The third-order valence-electron chi connectivity index (χ3n) is 10.2. The maximum Gasteiger partial charge on any atom is 0.160 e. The summed E-state index contributed by atoms with van der Waals surface area (Å²) < 4.78 is 2.43. The molecule has 0 fully saturated rings. The van der Waals surface area contributed by atoms with Gasteiger partial charge in [0.15, 0.2) is 5.82 Å². The summed E-state index contributed by atoms with van der Waals surface area (Å²) in [4.78, 5) is 12.6. The summed E-state index contributed by atoms with van der Waals surface area (Å²) in [5, 5.41) is 1.23. The SMILES string of the molecule is C1=CC(c2cc(-c3ccccc3)nc(-c3ccc(N4c5ccccc5-c5c(n(-c6ccccc6)c6ccccc56)-c5ccccc54)cc3)n2)=CCC1. The van der Waals surface area contributed by atoms with Crippen molar-refractivity contribution in [1.29, 1.82) is 0 Å². The maximum absolute atomic E-state index is 5.12. The molecule has 1 aliphatic carbocycles. The lowest BCUT2D eigenvalue weighted by Crippen LogP contribution is -2.11. The number of allylic oxidation sites excluding steroid dienone is 4. The molecular formula is C48H34N4. The Bertz CT molecular complexity index is 2670. The van der Waals surface area contributed by atoms with Gasteiger partial charge in [-0.3, -0.25) is 0 Å². The fourth-order valence-corrected chi connectivity index (χ4v) is 7.81. The molecular weight excluding hydrogens is 633 g/mol. The molecule has 6 aromatic carbocycles. The van der Waals surface area contributed by atoms with Gasteiger partial charge in [-0.25, -0.2) is 9.97 Å². The standard InChI is InChI=1S/C48H34N4/c1-4-16-33(17-5-1)41-32-42(34-18-6-2-7-19-34)50-48(49-41)35-28-30-37(31-29-35)51-43-25-13-10-22-38(43)46-39-23-11-14-26-44(39)52(36-20-8-3-9-21-36)47(46)40-24-12-15-27-45(40)51/h1,3-6,8-32H,2,7H2. The number of para-hydroxylation sites is 4. The number of hydrogen-bond acceptors (Lipinski definition) is 3. The zero-order chi connectivity index (χ0) is 34.4. The first-order valence-electron chi connectivity index (χ1n) is 17.9. The number of aromatic nitrogens is 3. The minimum absolute atomic E-state index is 0.718. The molecule has 0 radical (unpaired) electrons. The average Bonchev–Trinajstić information content (AvgIpc) is 3.51. The molecule has 246 valence electrons. The van der Waals surface area contributed by atoms with Crippen LogP contribution in [0.15, 0.2) is 182 Å². The van der Waals surface area contributed by atoms with Crippen LogP contribution in [0.25, 0.3) is 67.2 Å². The van der Waals surface area contributed by atoms with Crippen LogP contribution < -0.4 is 4.90 Å². The van der Waals surface area contributed by atoms with Crippen molar-refractivity contribution in [2.75, 3.05) is 4.90 Å². The van der Waals surface area contributed by atoms with Gasteiger partial charge in [-0.2, -0.15) is 0 Å². The smallest absolute Gasteiger partial charge is 0.160 e. The molecule has 2 aromatic heterocycles. The van der Waals surface area contributed by atoms with Crippen molar-refractivity contribution in [2.45, 2.75) is 12.8 Å². The molecule has 0 saturated heterocycles. The van der Waals surface area contributed by atoms with Gasteiger partial charge in [0.2, 0.25) is 0 Å². The van der Waals surface area contributed by atoms with Gasteiger partial charge >= 0.3 is 0 Å². The first kappa shape index (κ1) is 30.1. The van der Waals surface area contributed by atoms with E-state index < -0.39 is 0 Å². The Hall–Kier alpha value is -6.78. The second-order valence-corrected chi connectivity index (χ2v) is 13.3. The highest BCUT2D eigenvalue weighted by atomic mass is 15.2. The summed E-state index contributed by atoms with van der Waals surface area (Å²) in [5.74, 6) is 0.718. The molecule has 4 nitrogen and oxygen atoms in total. The summed E-state index contributed by atoms with van der Waals surface area (Å²) in [6.07, 6.45) is 8.78. The quantitative estimate of drug-likeness (QED) is 0.183. The number of hydrogen-bond donors (Lipinski definition) is 0. The van der Waals surface area contributed by atoms with Crippen LogP contribution in [0.2, 0.25) is 0 Å². The van der Waals surface area contributed by atoms with Crippen LogP contribution in [0.4, 0.5) is 17.1 Å². The van der Waals surface area contributed by atoms with E-state index >= 15 is 0 Å². The van der Waals surface area contributed by atoms with E-state index in [1.165, 1.54) is 33.3 Å². The van der Waals surface area contributed by atoms with Gasteiger partial charge in [0.1, 0.15) is 0 Å². The Morgan fingerprint density at radius 2 is 1.15 bits per heavy atom. The number of rotatable bonds is 5. The third-order valence-corrected chi connectivity index (χ3v) is 10.2. The number of fused-ring (bicyclic) bond motifs is 7. The monoisotopic (exact) mass is 666 g/mol. The zero-order valence-corrected chi connectivity index (χ0v) is 28.5. The van der Waals surface area contributed by atoms with Crippen molar-refractivity contribution < 1.29 is 0 Å². The molecule has 52 heavy (non-hydrogen) atoms. The summed E-state index contributed by atoms with van der Waals surface area (Å²) in [5.41, 5.74) is 15.5. The minimum atomic E-state index is 0.718. The zero-order valence-electron chi connectivity index (χ0n) is 28.5. The van der Waals surface area contributed by atoms with Crippen molar-refractivity contribution in [3.8, 4) is 50.7 Å². The highest BCUT2D eigenvalue weighted by molar-refractivity contribution is 6.13. The largest absolute Gasteiger partial charge is 0.309 e. The van der Waals surface area contributed by atoms with E-state index in [-0.39, 0.29) is 0 Å². The van der Waals surface area contributed by atoms with Crippen LogP contribution in [0.3, 0.4) is 0 Å².